The van der Waals surface area contributed by atoms with E-state index in [-0.39, 0.29) is 0 Å². The number of rotatable bonds is 6. The number of nitrogens with zero attached hydrogens (tertiary/aromatic N) is 2. The molecule has 1 aliphatic rings. The third kappa shape index (κ3) is 3.74. The molecule has 0 aromatic carbocycles. The molecule has 2 heteroatoms. The lowest BCUT2D eigenvalue weighted by atomic mass is 10.1. The molecule has 1 rings (SSSR count). The van der Waals surface area contributed by atoms with Gasteiger partial charge < -0.3 is 4.48 Å². The zero-order valence-corrected chi connectivity index (χ0v) is 11.8. The molecule has 1 heterocycles. The van der Waals surface area contributed by atoms with Crippen molar-refractivity contribution in [2.45, 2.75) is 52.5 Å². The van der Waals surface area contributed by atoms with E-state index in [0.29, 0.717) is 0 Å². The fourth-order valence-corrected chi connectivity index (χ4v) is 2.69. The first kappa shape index (κ1) is 14.0. The van der Waals surface area contributed by atoms with Gasteiger partial charge in [0.15, 0.2) is 0 Å². The Morgan fingerprint density at radius 2 is 1.88 bits per heavy atom. The molecule has 0 saturated carbocycles. The Bertz CT molecular complexity index is 193. The third-order valence-electron chi connectivity index (χ3n) is 4.36. The molecule has 0 amide bonds. The van der Waals surface area contributed by atoms with Gasteiger partial charge in [-0.05, 0) is 26.3 Å². The molecule has 0 aromatic heterocycles. The quantitative estimate of drug-likeness (QED) is 0.631. The molecule has 0 bridgehead atoms. The smallest absolute Gasteiger partial charge is 0.0988 e. The average molecular weight is 227 g/mol. The van der Waals surface area contributed by atoms with Gasteiger partial charge in [-0.25, -0.2) is 0 Å². The Morgan fingerprint density at radius 3 is 2.44 bits per heavy atom. The highest BCUT2D eigenvalue weighted by atomic mass is 15.4. The van der Waals surface area contributed by atoms with Crippen LogP contribution in [0.1, 0.15) is 46.5 Å². The molecule has 96 valence electrons. The summed E-state index contributed by atoms with van der Waals surface area (Å²) in [6.45, 7) is 13.7. The SMILES string of the molecule is CCCCN1CC[N+](C)(CCCC)C(C)C1. The van der Waals surface area contributed by atoms with Gasteiger partial charge in [0.2, 0.25) is 0 Å². The predicted octanol–water partition coefficient (Wildman–Crippen LogP) is 2.74. The molecule has 16 heavy (non-hydrogen) atoms. The van der Waals surface area contributed by atoms with Gasteiger partial charge in [0.1, 0.15) is 0 Å². The van der Waals surface area contributed by atoms with Crippen molar-refractivity contribution >= 4 is 0 Å². The molecular formula is C14H31N2+. The molecular weight excluding hydrogens is 196 g/mol. The Labute approximate surface area is 102 Å². The summed E-state index contributed by atoms with van der Waals surface area (Å²) in [5.74, 6) is 0. The average Bonchev–Trinajstić information content (AvgIpc) is 2.28. The zero-order chi connectivity index (χ0) is 12.0. The van der Waals surface area contributed by atoms with Crippen LogP contribution in [0.3, 0.4) is 0 Å². The highest BCUT2D eigenvalue weighted by Crippen LogP contribution is 2.18. The third-order valence-corrected chi connectivity index (χ3v) is 4.36. The number of unbranched alkanes of at least 4 members (excludes halogenated alkanes) is 2. The van der Waals surface area contributed by atoms with Crippen molar-refractivity contribution in [1.29, 1.82) is 0 Å². The largest absolute Gasteiger partial charge is 0.322 e. The summed E-state index contributed by atoms with van der Waals surface area (Å²) in [4.78, 5) is 2.67. The van der Waals surface area contributed by atoms with E-state index < -0.39 is 0 Å². The van der Waals surface area contributed by atoms with E-state index in [1.807, 2.05) is 0 Å². The molecule has 0 radical (unpaired) electrons. The molecule has 1 saturated heterocycles. The maximum atomic E-state index is 2.67. The summed E-state index contributed by atoms with van der Waals surface area (Å²) in [5.41, 5.74) is 0. The Morgan fingerprint density at radius 1 is 1.19 bits per heavy atom. The van der Waals surface area contributed by atoms with Gasteiger partial charge in [0.25, 0.3) is 0 Å². The molecule has 0 N–H and O–H groups in total. The number of quaternary nitrogens is 1. The lowest BCUT2D eigenvalue weighted by Crippen LogP contribution is -2.62. The van der Waals surface area contributed by atoms with Crippen LogP contribution in [0.15, 0.2) is 0 Å². The van der Waals surface area contributed by atoms with Crippen LogP contribution in [0.25, 0.3) is 0 Å². The Balaban J connectivity index is 2.38. The Hall–Kier alpha value is -0.0800. The minimum absolute atomic E-state index is 0.817. The topological polar surface area (TPSA) is 3.24 Å². The van der Waals surface area contributed by atoms with Crippen molar-refractivity contribution in [1.82, 2.24) is 4.90 Å². The van der Waals surface area contributed by atoms with Crippen molar-refractivity contribution < 1.29 is 4.48 Å². The predicted molar refractivity (Wildman–Crippen MR) is 71.6 cm³/mol. The minimum atomic E-state index is 0.817. The Kier molecular flexibility index (Phi) is 5.77. The number of hydrogen-bond acceptors (Lipinski definition) is 1. The molecule has 2 unspecified atom stereocenters. The van der Waals surface area contributed by atoms with Crippen LogP contribution in [0, 0.1) is 0 Å². The van der Waals surface area contributed by atoms with Gasteiger partial charge in [0, 0.05) is 6.54 Å². The summed E-state index contributed by atoms with van der Waals surface area (Å²) < 4.78 is 1.30. The fourth-order valence-electron chi connectivity index (χ4n) is 2.69. The number of hydrogen-bond donors (Lipinski definition) is 0. The molecule has 0 aromatic rings. The molecule has 1 fully saturated rings. The second-order valence-corrected chi connectivity index (χ2v) is 5.78. The van der Waals surface area contributed by atoms with Crippen LogP contribution in [0.4, 0.5) is 0 Å². The normalized spacial score (nSPS) is 31.9. The van der Waals surface area contributed by atoms with Crippen molar-refractivity contribution in [2.75, 3.05) is 39.8 Å². The van der Waals surface area contributed by atoms with Gasteiger partial charge in [0.05, 0.1) is 32.7 Å². The van der Waals surface area contributed by atoms with E-state index in [1.165, 1.54) is 62.9 Å². The number of piperazine rings is 1. The first-order valence-corrected chi connectivity index (χ1v) is 7.19. The fraction of sp³-hybridized carbons (Fsp3) is 1.00. The highest BCUT2D eigenvalue weighted by Gasteiger charge is 2.34. The standard InChI is InChI=1S/C14H31N2/c1-5-7-9-15-10-12-16(4,11-8-6-2)14(3)13-15/h14H,5-13H2,1-4H3/q+1. The minimum Gasteiger partial charge on any atom is -0.322 e. The lowest BCUT2D eigenvalue weighted by molar-refractivity contribution is -0.936. The van der Waals surface area contributed by atoms with Gasteiger partial charge >= 0.3 is 0 Å². The van der Waals surface area contributed by atoms with Gasteiger partial charge in [-0.3, -0.25) is 4.90 Å². The van der Waals surface area contributed by atoms with Gasteiger partial charge in [-0.1, -0.05) is 26.7 Å². The van der Waals surface area contributed by atoms with E-state index in [9.17, 15) is 0 Å². The summed E-state index contributed by atoms with van der Waals surface area (Å²) in [6.07, 6.45) is 5.41. The van der Waals surface area contributed by atoms with E-state index in [4.69, 9.17) is 0 Å². The van der Waals surface area contributed by atoms with Crippen molar-refractivity contribution in [2.24, 2.45) is 0 Å². The molecule has 2 atom stereocenters. The van der Waals surface area contributed by atoms with Gasteiger partial charge in [-0.15, -0.1) is 0 Å². The van der Waals surface area contributed by atoms with E-state index in [0.717, 1.165) is 6.04 Å². The van der Waals surface area contributed by atoms with Crippen LogP contribution < -0.4 is 0 Å². The first-order chi connectivity index (χ1) is 7.62. The van der Waals surface area contributed by atoms with Crippen molar-refractivity contribution in [3.8, 4) is 0 Å². The zero-order valence-electron chi connectivity index (χ0n) is 11.8. The second kappa shape index (κ2) is 6.61. The molecule has 1 aliphatic heterocycles. The molecule has 0 aliphatic carbocycles. The first-order valence-electron chi connectivity index (χ1n) is 7.19. The summed E-state index contributed by atoms with van der Waals surface area (Å²) in [5, 5.41) is 0. The van der Waals surface area contributed by atoms with Crippen LogP contribution in [0.5, 0.6) is 0 Å². The summed E-state index contributed by atoms with van der Waals surface area (Å²) in [7, 11) is 2.46. The summed E-state index contributed by atoms with van der Waals surface area (Å²) in [6, 6.07) is 0.817. The highest BCUT2D eigenvalue weighted by molar-refractivity contribution is 4.69. The van der Waals surface area contributed by atoms with Crippen LogP contribution in [-0.2, 0) is 0 Å². The maximum Gasteiger partial charge on any atom is 0.0988 e. The molecule has 0 spiro atoms. The van der Waals surface area contributed by atoms with E-state index in [1.54, 1.807) is 0 Å². The maximum absolute atomic E-state index is 2.67. The second-order valence-electron chi connectivity index (χ2n) is 5.78. The van der Waals surface area contributed by atoms with Crippen molar-refractivity contribution in [3.63, 3.8) is 0 Å². The van der Waals surface area contributed by atoms with E-state index >= 15 is 0 Å². The van der Waals surface area contributed by atoms with Crippen LogP contribution in [-0.4, -0.2) is 55.2 Å². The van der Waals surface area contributed by atoms with Gasteiger partial charge in [-0.2, -0.15) is 0 Å². The lowest BCUT2D eigenvalue weighted by Gasteiger charge is -2.47. The molecule has 2 nitrogen and oxygen atoms in total. The van der Waals surface area contributed by atoms with Crippen LogP contribution in [0.2, 0.25) is 0 Å². The number of likely N-dealkylation sites (N-methyl/N-ethyl adjacent to an activating group) is 1. The monoisotopic (exact) mass is 227 g/mol. The van der Waals surface area contributed by atoms with Crippen molar-refractivity contribution in [3.05, 3.63) is 0 Å². The van der Waals surface area contributed by atoms with Crippen LogP contribution >= 0.6 is 0 Å². The van der Waals surface area contributed by atoms with E-state index in [2.05, 4.69) is 32.7 Å². The summed E-state index contributed by atoms with van der Waals surface area (Å²) >= 11 is 0.